The van der Waals surface area contributed by atoms with Crippen molar-refractivity contribution in [3.63, 3.8) is 0 Å². The molecule has 9 heteroatoms. The summed E-state index contributed by atoms with van der Waals surface area (Å²) in [6.07, 6.45) is 5.84. The highest BCUT2D eigenvalue weighted by Gasteiger charge is 2.28. The number of nitrogens with one attached hydrogen (secondary N) is 2. The Bertz CT molecular complexity index is 650. The SMILES string of the molecule is CSCCC(NS(=O)(=O)c1ccccc1)C(=O)NC1CCC(N)CC1.Cl. The summed E-state index contributed by atoms with van der Waals surface area (Å²) in [6.45, 7) is 0. The smallest absolute Gasteiger partial charge is 0.241 e. The minimum absolute atomic E-state index is 0. The van der Waals surface area contributed by atoms with Crippen LogP contribution < -0.4 is 15.8 Å². The Morgan fingerprint density at radius 3 is 2.42 bits per heavy atom. The van der Waals surface area contributed by atoms with Gasteiger partial charge in [-0.1, -0.05) is 18.2 Å². The summed E-state index contributed by atoms with van der Waals surface area (Å²) in [5.41, 5.74) is 5.89. The van der Waals surface area contributed by atoms with Crippen molar-refractivity contribution >= 4 is 40.1 Å². The molecule has 0 spiro atoms. The fraction of sp³-hybridized carbons (Fsp3) is 0.588. The average molecular weight is 422 g/mol. The number of carbonyl (C=O) groups excluding carboxylic acids is 1. The Morgan fingerprint density at radius 2 is 1.85 bits per heavy atom. The first-order chi connectivity index (χ1) is 11.9. The van der Waals surface area contributed by atoms with E-state index in [1.165, 1.54) is 12.1 Å². The zero-order valence-electron chi connectivity index (χ0n) is 14.9. The second-order valence-electron chi connectivity index (χ2n) is 6.39. The van der Waals surface area contributed by atoms with E-state index in [-0.39, 0.29) is 35.3 Å². The van der Waals surface area contributed by atoms with Crippen molar-refractivity contribution in [2.45, 2.75) is 55.1 Å². The van der Waals surface area contributed by atoms with Crippen LogP contribution in [-0.2, 0) is 14.8 Å². The Kier molecular flexibility index (Phi) is 9.95. The maximum absolute atomic E-state index is 12.6. The standard InChI is InChI=1S/C17H27N3O3S2.ClH/c1-24-12-11-16(17(21)19-14-9-7-13(18)8-10-14)20-25(22,23)15-5-3-2-4-6-15;/h2-6,13-14,16,20H,7-12,18H2,1H3,(H,19,21);1H. The second kappa shape index (κ2) is 11.1. The molecule has 6 nitrogen and oxygen atoms in total. The predicted octanol–water partition coefficient (Wildman–Crippen LogP) is 1.89. The van der Waals surface area contributed by atoms with E-state index in [4.69, 9.17) is 5.73 Å². The first-order valence-electron chi connectivity index (χ1n) is 8.54. The number of rotatable bonds is 8. The molecular formula is C17H28ClN3O3S2. The number of halogens is 1. The monoisotopic (exact) mass is 421 g/mol. The lowest BCUT2D eigenvalue weighted by molar-refractivity contribution is -0.123. The van der Waals surface area contributed by atoms with E-state index in [0.717, 1.165) is 25.7 Å². The van der Waals surface area contributed by atoms with E-state index < -0.39 is 16.1 Å². The van der Waals surface area contributed by atoms with Crippen molar-refractivity contribution in [1.29, 1.82) is 0 Å². The van der Waals surface area contributed by atoms with E-state index in [0.29, 0.717) is 12.2 Å². The third-order valence-corrected chi connectivity index (χ3v) is 6.53. The fourth-order valence-corrected chi connectivity index (χ4v) is 4.62. The van der Waals surface area contributed by atoms with Crippen LogP contribution in [-0.4, -0.2) is 44.5 Å². The van der Waals surface area contributed by atoms with Gasteiger partial charge in [-0.3, -0.25) is 4.79 Å². The molecule has 1 aromatic rings. The summed E-state index contributed by atoms with van der Waals surface area (Å²) in [6, 6.07) is 7.64. The van der Waals surface area contributed by atoms with Crippen LogP contribution in [0.5, 0.6) is 0 Å². The highest BCUT2D eigenvalue weighted by molar-refractivity contribution is 7.98. The zero-order chi connectivity index (χ0) is 18.3. The molecule has 1 amide bonds. The summed E-state index contributed by atoms with van der Waals surface area (Å²) in [7, 11) is -3.72. The van der Waals surface area contributed by atoms with Crippen molar-refractivity contribution in [2.24, 2.45) is 5.73 Å². The Balaban J connectivity index is 0.00000338. The lowest BCUT2D eigenvalue weighted by Crippen LogP contribution is -2.51. The molecule has 1 atom stereocenters. The molecule has 1 saturated carbocycles. The van der Waals surface area contributed by atoms with E-state index >= 15 is 0 Å². The normalized spacial score (nSPS) is 21.5. The average Bonchev–Trinajstić information content (AvgIpc) is 2.61. The molecule has 2 rings (SSSR count). The summed E-state index contributed by atoms with van der Waals surface area (Å²) in [5, 5.41) is 2.99. The summed E-state index contributed by atoms with van der Waals surface area (Å²) in [4.78, 5) is 12.8. The predicted molar refractivity (Wildman–Crippen MR) is 109 cm³/mol. The summed E-state index contributed by atoms with van der Waals surface area (Å²) < 4.78 is 27.6. The zero-order valence-corrected chi connectivity index (χ0v) is 17.3. The lowest BCUT2D eigenvalue weighted by Gasteiger charge is -2.28. The van der Waals surface area contributed by atoms with Crippen LogP contribution >= 0.6 is 24.2 Å². The lowest BCUT2D eigenvalue weighted by atomic mass is 9.91. The highest BCUT2D eigenvalue weighted by atomic mass is 35.5. The van der Waals surface area contributed by atoms with Crippen molar-refractivity contribution in [3.05, 3.63) is 30.3 Å². The summed E-state index contributed by atoms with van der Waals surface area (Å²) >= 11 is 1.58. The maximum Gasteiger partial charge on any atom is 0.241 e. The van der Waals surface area contributed by atoms with Gasteiger partial charge in [0.1, 0.15) is 6.04 Å². The molecule has 0 saturated heterocycles. The highest BCUT2D eigenvalue weighted by Crippen LogP contribution is 2.17. The van der Waals surface area contributed by atoms with Gasteiger partial charge in [-0.05, 0) is 56.2 Å². The van der Waals surface area contributed by atoms with E-state index in [1.54, 1.807) is 30.0 Å². The van der Waals surface area contributed by atoms with E-state index in [2.05, 4.69) is 10.0 Å². The number of nitrogens with two attached hydrogens (primary N) is 1. The molecule has 1 aliphatic carbocycles. The van der Waals surface area contributed by atoms with Crippen LogP contribution in [0.1, 0.15) is 32.1 Å². The third kappa shape index (κ3) is 7.08. The van der Waals surface area contributed by atoms with E-state index in [1.807, 2.05) is 6.26 Å². The fourth-order valence-electron chi connectivity index (χ4n) is 2.90. The molecule has 1 fully saturated rings. The molecule has 1 unspecified atom stereocenters. The molecule has 4 N–H and O–H groups in total. The largest absolute Gasteiger partial charge is 0.352 e. The molecule has 1 aliphatic rings. The molecule has 0 aliphatic heterocycles. The van der Waals surface area contributed by atoms with Gasteiger partial charge in [0.2, 0.25) is 15.9 Å². The van der Waals surface area contributed by atoms with Gasteiger partial charge >= 0.3 is 0 Å². The van der Waals surface area contributed by atoms with Crippen LogP contribution in [0.15, 0.2) is 35.2 Å². The quantitative estimate of drug-likeness (QED) is 0.595. The Labute approximate surface area is 166 Å². The molecule has 148 valence electrons. The topological polar surface area (TPSA) is 101 Å². The van der Waals surface area contributed by atoms with Crippen molar-refractivity contribution < 1.29 is 13.2 Å². The minimum atomic E-state index is -3.72. The van der Waals surface area contributed by atoms with Gasteiger partial charge in [0.05, 0.1) is 4.90 Å². The number of thioether (sulfide) groups is 1. The van der Waals surface area contributed by atoms with Crippen LogP contribution in [0.3, 0.4) is 0 Å². The molecular weight excluding hydrogens is 394 g/mol. The van der Waals surface area contributed by atoms with Crippen molar-refractivity contribution in [2.75, 3.05) is 12.0 Å². The first-order valence-corrected chi connectivity index (χ1v) is 11.4. The number of hydrogen-bond acceptors (Lipinski definition) is 5. The Morgan fingerprint density at radius 1 is 1.23 bits per heavy atom. The molecule has 0 aromatic heterocycles. The van der Waals surface area contributed by atoms with Crippen LogP contribution in [0.2, 0.25) is 0 Å². The van der Waals surface area contributed by atoms with Crippen LogP contribution in [0.25, 0.3) is 0 Å². The van der Waals surface area contributed by atoms with Gasteiger partial charge in [-0.15, -0.1) is 12.4 Å². The number of amides is 1. The second-order valence-corrected chi connectivity index (χ2v) is 9.09. The molecule has 1 aromatic carbocycles. The Hall–Kier alpha value is -0.800. The van der Waals surface area contributed by atoms with Crippen molar-refractivity contribution in [1.82, 2.24) is 10.0 Å². The third-order valence-electron chi connectivity index (χ3n) is 4.40. The van der Waals surface area contributed by atoms with Gasteiger partial charge in [0.15, 0.2) is 0 Å². The van der Waals surface area contributed by atoms with Gasteiger partial charge in [-0.25, -0.2) is 8.42 Å². The number of sulfonamides is 1. The van der Waals surface area contributed by atoms with Gasteiger partial charge in [0.25, 0.3) is 0 Å². The van der Waals surface area contributed by atoms with Crippen molar-refractivity contribution in [3.8, 4) is 0 Å². The van der Waals surface area contributed by atoms with Crippen LogP contribution in [0.4, 0.5) is 0 Å². The van der Waals surface area contributed by atoms with Crippen LogP contribution in [0, 0.1) is 0 Å². The number of benzene rings is 1. The minimum Gasteiger partial charge on any atom is -0.352 e. The van der Waals surface area contributed by atoms with E-state index in [9.17, 15) is 13.2 Å². The number of hydrogen-bond donors (Lipinski definition) is 3. The molecule has 26 heavy (non-hydrogen) atoms. The molecule has 0 heterocycles. The molecule has 0 bridgehead atoms. The van der Waals surface area contributed by atoms with Gasteiger partial charge < -0.3 is 11.1 Å². The molecule has 0 radical (unpaired) electrons. The maximum atomic E-state index is 12.6. The first kappa shape index (κ1) is 23.2. The van der Waals surface area contributed by atoms with Gasteiger partial charge in [-0.2, -0.15) is 16.5 Å². The number of carbonyl (C=O) groups is 1. The summed E-state index contributed by atoms with van der Waals surface area (Å²) in [5.74, 6) is 0.444. The van der Waals surface area contributed by atoms with Gasteiger partial charge in [0, 0.05) is 12.1 Å².